The van der Waals surface area contributed by atoms with Gasteiger partial charge in [0.25, 0.3) is 10.2 Å². The molecule has 120 valence electrons. The topological polar surface area (TPSA) is 87.5 Å². The summed E-state index contributed by atoms with van der Waals surface area (Å²) >= 11 is 0. The fourth-order valence-electron chi connectivity index (χ4n) is 2.52. The van der Waals surface area contributed by atoms with E-state index in [4.69, 9.17) is 4.52 Å². The highest BCUT2D eigenvalue weighted by Crippen LogP contribution is 2.19. The molecule has 0 spiro atoms. The van der Waals surface area contributed by atoms with Crippen molar-refractivity contribution in [2.75, 3.05) is 19.6 Å². The van der Waals surface area contributed by atoms with Crippen molar-refractivity contribution in [2.24, 2.45) is 0 Å². The van der Waals surface area contributed by atoms with Crippen LogP contribution >= 0.6 is 0 Å². The van der Waals surface area contributed by atoms with Gasteiger partial charge in [0.1, 0.15) is 6.26 Å². The van der Waals surface area contributed by atoms with Crippen molar-refractivity contribution in [3.8, 4) is 0 Å². The highest BCUT2D eigenvalue weighted by atomic mass is 32.2. The van der Waals surface area contributed by atoms with Gasteiger partial charge in [0, 0.05) is 25.2 Å². The summed E-state index contributed by atoms with van der Waals surface area (Å²) in [6.45, 7) is 4.45. The lowest BCUT2D eigenvalue weighted by atomic mass is 10.1. The summed E-state index contributed by atoms with van der Waals surface area (Å²) in [5.74, 6) is 0. The first-order valence-corrected chi connectivity index (χ1v) is 8.94. The van der Waals surface area contributed by atoms with Crippen LogP contribution in [0.25, 0.3) is 0 Å². The van der Waals surface area contributed by atoms with Crippen LogP contribution in [0.1, 0.15) is 38.3 Å². The molecule has 1 fully saturated rings. The van der Waals surface area contributed by atoms with Crippen molar-refractivity contribution < 1.29 is 12.9 Å². The minimum absolute atomic E-state index is 0.0279. The smallest absolute Gasteiger partial charge is 0.280 e. The predicted molar refractivity (Wildman–Crippen MR) is 79.8 cm³/mol. The van der Waals surface area contributed by atoms with Gasteiger partial charge in [-0.1, -0.05) is 18.5 Å². The van der Waals surface area contributed by atoms with Crippen molar-refractivity contribution in [1.29, 1.82) is 0 Å². The second kappa shape index (κ2) is 7.88. The Labute approximate surface area is 126 Å². The standard InChI is InChI=1S/C13H24N4O3S/c1-2-7-14-11-13-5-3-4-8-17(13)21(18,19)15-10-12-6-9-20-16-12/h6,9,13-15H,2-5,7-8,10-11H2,1H3. The van der Waals surface area contributed by atoms with Crippen LogP contribution in [0.3, 0.4) is 0 Å². The Hall–Kier alpha value is -0.960. The van der Waals surface area contributed by atoms with Gasteiger partial charge in [0.2, 0.25) is 0 Å². The maximum Gasteiger partial charge on any atom is 0.280 e. The van der Waals surface area contributed by atoms with Gasteiger partial charge in [-0.05, 0) is 25.8 Å². The molecule has 21 heavy (non-hydrogen) atoms. The van der Waals surface area contributed by atoms with E-state index in [9.17, 15) is 8.42 Å². The van der Waals surface area contributed by atoms with Crippen molar-refractivity contribution in [2.45, 2.75) is 45.2 Å². The van der Waals surface area contributed by atoms with Crippen LogP contribution in [-0.2, 0) is 16.8 Å². The molecule has 7 nitrogen and oxygen atoms in total. The van der Waals surface area contributed by atoms with Crippen molar-refractivity contribution in [3.63, 3.8) is 0 Å². The highest BCUT2D eigenvalue weighted by Gasteiger charge is 2.31. The van der Waals surface area contributed by atoms with Crippen LogP contribution in [0, 0.1) is 0 Å². The van der Waals surface area contributed by atoms with Gasteiger partial charge >= 0.3 is 0 Å². The minimum Gasteiger partial charge on any atom is -0.364 e. The van der Waals surface area contributed by atoms with Gasteiger partial charge in [-0.25, -0.2) is 0 Å². The lowest BCUT2D eigenvalue weighted by Gasteiger charge is -2.34. The van der Waals surface area contributed by atoms with E-state index < -0.39 is 10.2 Å². The zero-order valence-electron chi connectivity index (χ0n) is 12.4. The molecule has 2 N–H and O–H groups in total. The summed E-state index contributed by atoms with van der Waals surface area (Å²) in [7, 11) is -3.48. The Bertz CT molecular complexity index is 503. The van der Waals surface area contributed by atoms with Gasteiger partial charge in [0.15, 0.2) is 0 Å². The number of piperidine rings is 1. The summed E-state index contributed by atoms with van der Waals surface area (Å²) in [5.41, 5.74) is 0.580. The Morgan fingerprint density at radius 2 is 2.33 bits per heavy atom. The van der Waals surface area contributed by atoms with Crippen LogP contribution in [0.4, 0.5) is 0 Å². The molecule has 1 aliphatic heterocycles. The molecule has 2 rings (SSSR count). The molecule has 8 heteroatoms. The fourth-order valence-corrected chi connectivity index (χ4v) is 3.95. The normalized spacial score (nSPS) is 20.7. The van der Waals surface area contributed by atoms with Crippen molar-refractivity contribution in [3.05, 3.63) is 18.0 Å². The van der Waals surface area contributed by atoms with Crippen LogP contribution < -0.4 is 10.0 Å². The molecule has 0 radical (unpaired) electrons. The molecule has 1 aliphatic rings. The number of nitrogens with zero attached hydrogens (tertiary/aromatic N) is 2. The Morgan fingerprint density at radius 3 is 3.05 bits per heavy atom. The highest BCUT2D eigenvalue weighted by molar-refractivity contribution is 7.87. The zero-order chi connectivity index (χ0) is 15.1. The molecule has 1 unspecified atom stereocenters. The molecule has 0 aliphatic carbocycles. The maximum atomic E-state index is 12.5. The van der Waals surface area contributed by atoms with E-state index in [-0.39, 0.29) is 12.6 Å². The van der Waals surface area contributed by atoms with Gasteiger partial charge in [0.05, 0.1) is 12.2 Å². The summed E-state index contributed by atoms with van der Waals surface area (Å²) in [4.78, 5) is 0. The fraction of sp³-hybridized carbons (Fsp3) is 0.769. The van der Waals surface area contributed by atoms with Crippen molar-refractivity contribution >= 4 is 10.2 Å². The largest absolute Gasteiger partial charge is 0.364 e. The van der Waals surface area contributed by atoms with E-state index in [1.165, 1.54) is 6.26 Å². The first-order valence-electron chi connectivity index (χ1n) is 7.50. The second-order valence-electron chi connectivity index (χ2n) is 5.28. The first-order chi connectivity index (χ1) is 10.1. The van der Waals surface area contributed by atoms with E-state index in [1.807, 2.05) is 0 Å². The second-order valence-corrected chi connectivity index (χ2v) is 6.99. The Kier molecular flexibility index (Phi) is 6.16. The molecule has 0 bridgehead atoms. The molecule has 0 aromatic carbocycles. The van der Waals surface area contributed by atoms with E-state index in [2.05, 4.69) is 22.1 Å². The first kappa shape index (κ1) is 16.4. The summed E-state index contributed by atoms with van der Waals surface area (Å²) < 4.78 is 33.8. The number of nitrogens with one attached hydrogen (secondary N) is 2. The van der Waals surface area contributed by atoms with Crippen LogP contribution in [0.2, 0.25) is 0 Å². The van der Waals surface area contributed by atoms with E-state index >= 15 is 0 Å². The van der Waals surface area contributed by atoms with Crippen molar-refractivity contribution in [1.82, 2.24) is 19.5 Å². The third-order valence-electron chi connectivity index (χ3n) is 3.62. The number of hydrogen-bond donors (Lipinski definition) is 2. The molecule has 1 saturated heterocycles. The predicted octanol–water partition coefficient (Wildman–Crippen LogP) is 0.863. The van der Waals surface area contributed by atoms with Crippen LogP contribution in [0.15, 0.2) is 16.9 Å². The van der Waals surface area contributed by atoms with Gasteiger partial charge < -0.3 is 9.84 Å². The van der Waals surface area contributed by atoms with E-state index in [0.29, 0.717) is 18.8 Å². The molecule has 0 saturated carbocycles. The summed E-state index contributed by atoms with van der Waals surface area (Å²) in [5, 5.41) is 7.03. The molecule has 1 aromatic rings. The average molecular weight is 316 g/mol. The molecule has 2 heterocycles. The summed E-state index contributed by atoms with van der Waals surface area (Å²) in [6, 6.07) is 1.68. The van der Waals surface area contributed by atoms with Gasteiger partial charge in [-0.2, -0.15) is 17.4 Å². The summed E-state index contributed by atoms with van der Waals surface area (Å²) in [6.07, 6.45) is 5.37. The zero-order valence-corrected chi connectivity index (χ0v) is 13.2. The Balaban J connectivity index is 1.94. The number of aromatic nitrogens is 1. The quantitative estimate of drug-likeness (QED) is 0.695. The monoisotopic (exact) mass is 316 g/mol. The lowest BCUT2D eigenvalue weighted by Crippen LogP contribution is -2.52. The molecule has 1 aromatic heterocycles. The maximum absolute atomic E-state index is 12.5. The number of rotatable bonds is 8. The van der Waals surface area contributed by atoms with E-state index in [1.54, 1.807) is 10.4 Å². The minimum atomic E-state index is -3.48. The Morgan fingerprint density at radius 1 is 1.48 bits per heavy atom. The lowest BCUT2D eigenvalue weighted by molar-refractivity contribution is 0.243. The average Bonchev–Trinajstić information content (AvgIpc) is 2.99. The molecule has 1 atom stereocenters. The molecular weight excluding hydrogens is 292 g/mol. The third kappa shape index (κ3) is 4.77. The van der Waals surface area contributed by atoms with Gasteiger partial charge in [-0.3, -0.25) is 0 Å². The van der Waals surface area contributed by atoms with E-state index in [0.717, 1.165) is 32.2 Å². The van der Waals surface area contributed by atoms with Gasteiger partial charge in [-0.15, -0.1) is 0 Å². The molecular formula is C13H24N4O3S. The molecule has 0 amide bonds. The third-order valence-corrected chi connectivity index (χ3v) is 5.22. The van der Waals surface area contributed by atoms with Crippen LogP contribution in [-0.4, -0.2) is 43.6 Å². The SMILES string of the molecule is CCCNCC1CCCCN1S(=O)(=O)NCc1ccon1. The number of hydrogen-bond acceptors (Lipinski definition) is 5. The van der Waals surface area contributed by atoms with Crippen LogP contribution in [0.5, 0.6) is 0 Å².